The zero-order chi connectivity index (χ0) is 25.9. The molecule has 1 heterocycles. The van der Waals surface area contributed by atoms with Crippen molar-refractivity contribution in [2.45, 2.75) is 19.2 Å². The van der Waals surface area contributed by atoms with E-state index >= 15 is 0 Å². The van der Waals surface area contributed by atoms with Gasteiger partial charge in [-0.05, 0) is 29.8 Å². The second kappa shape index (κ2) is 11.9. The monoisotopic (exact) mass is 552 g/mol. The van der Waals surface area contributed by atoms with Crippen LogP contribution in [0.5, 0.6) is 0 Å². The highest BCUT2D eigenvalue weighted by Crippen LogP contribution is 2.33. The summed E-state index contributed by atoms with van der Waals surface area (Å²) in [5, 5.41) is 0.594. The molecule has 0 spiro atoms. The number of benzene rings is 3. The van der Waals surface area contributed by atoms with Crippen molar-refractivity contribution in [2.75, 3.05) is 31.1 Å². The van der Waals surface area contributed by atoms with Gasteiger partial charge in [0.05, 0.1) is 5.56 Å². The fraction of sp³-hybridized carbons (Fsp3) is 0.259. The fourth-order valence-corrected chi connectivity index (χ4v) is 4.43. The fourth-order valence-electron chi connectivity index (χ4n) is 4.19. The topological polar surface area (TPSA) is 49.9 Å². The van der Waals surface area contributed by atoms with E-state index in [1.807, 2.05) is 30.3 Å². The number of amides is 1. The smallest absolute Gasteiger partial charge is 0.416 e. The van der Waals surface area contributed by atoms with Crippen LogP contribution < -0.4 is 4.90 Å². The largest absolute Gasteiger partial charge is 0.447 e. The highest BCUT2D eigenvalue weighted by Gasteiger charge is 2.33. The van der Waals surface area contributed by atoms with Gasteiger partial charge in [-0.1, -0.05) is 60.1 Å². The number of piperazine rings is 1. The number of anilines is 1. The zero-order valence-electron chi connectivity index (χ0n) is 19.9. The molecule has 3 aromatic carbocycles. The first kappa shape index (κ1) is 28.3. The van der Waals surface area contributed by atoms with Crippen LogP contribution in [0.15, 0.2) is 72.8 Å². The number of ether oxygens (including phenoxy) is 1. The van der Waals surface area contributed by atoms with Crippen molar-refractivity contribution in [3.05, 3.63) is 88.9 Å². The van der Waals surface area contributed by atoms with Gasteiger partial charge in [0.1, 0.15) is 0 Å². The summed E-state index contributed by atoms with van der Waals surface area (Å²) >= 11 is 6.28. The maximum atomic E-state index is 13.3. The molecule has 1 amide bonds. The summed E-state index contributed by atoms with van der Waals surface area (Å²) < 4.78 is 44.6. The van der Waals surface area contributed by atoms with Crippen molar-refractivity contribution < 1.29 is 27.5 Å². The molecule has 10 heteroatoms. The molecule has 0 aliphatic carbocycles. The van der Waals surface area contributed by atoms with E-state index in [9.17, 15) is 22.8 Å². The van der Waals surface area contributed by atoms with Gasteiger partial charge in [-0.2, -0.15) is 13.2 Å². The van der Waals surface area contributed by atoms with Crippen LogP contribution in [0, 0.1) is 0 Å². The first-order valence-corrected chi connectivity index (χ1v) is 11.7. The van der Waals surface area contributed by atoms with Crippen LogP contribution in [-0.2, 0) is 20.5 Å². The molecule has 5 nitrogen and oxygen atoms in total. The number of alkyl halides is 3. The van der Waals surface area contributed by atoms with E-state index in [1.165, 1.54) is 13.0 Å². The Bertz CT molecular complexity index is 1240. The number of carbonyl (C=O) groups is 2. The Kier molecular flexibility index (Phi) is 9.10. The molecule has 0 N–H and O–H groups in total. The number of hydrogen-bond acceptors (Lipinski definition) is 4. The molecule has 0 aromatic heterocycles. The molecular formula is C27H25Cl2F3N2O3. The highest BCUT2D eigenvalue weighted by molar-refractivity contribution is 6.33. The minimum Gasteiger partial charge on any atom is -0.447 e. The summed E-state index contributed by atoms with van der Waals surface area (Å²) in [6.07, 6.45) is -5.55. The predicted molar refractivity (Wildman–Crippen MR) is 139 cm³/mol. The Morgan fingerprint density at radius 1 is 0.919 bits per heavy atom. The van der Waals surface area contributed by atoms with Gasteiger partial charge >= 0.3 is 12.1 Å². The zero-order valence-corrected chi connectivity index (χ0v) is 21.4. The minimum absolute atomic E-state index is 0. The van der Waals surface area contributed by atoms with E-state index in [2.05, 4.69) is 0 Å². The van der Waals surface area contributed by atoms with Crippen LogP contribution >= 0.6 is 24.0 Å². The molecule has 1 fully saturated rings. The Morgan fingerprint density at radius 3 is 2.16 bits per heavy atom. The molecule has 3 aromatic rings. The van der Waals surface area contributed by atoms with Crippen LogP contribution in [0.3, 0.4) is 0 Å². The van der Waals surface area contributed by atoms with E-state index in [0.29, 0.717) is 29.4 Å². The summed E-state index contributed by atoms with van der Waals surface area (Å²) in [7, 11) is 0. The molecule has 4 rings (SSSR count). The Balaban J connectivity index is 0.00000380. The average Bonchev–Trinajstić information content (AvgIpc) is 2.87. The molecule has 196 valence electrons. The Morgan fingerprint density at radius 2 is 1.57 bits per heavy atom. The van der Waals surface area contributed by atoms with E-state index in [0.717, 1.165) is 23.3 Å². The summed E-state index contributed by atoms with van der Waals surface area (Å²) in [4.78, 5) is 28.5. The molecule has 0 radical (unpaired) electrons. The van der Waals surface area contributed by atoms with Gasteiger partial charge in [0, 0.05) is 54.9 Å². The van der Waals surface area contributed by atoms with Crippen molar-refractivity contribution in [3.8, 4) is 11.1 Å². The Labute approximate surface area is 224 Å². The van der Waals surface area contributed by atoms with Gasteiger partial charge in [0.15, 0.2) is 0 Å². The van der Waals surface area contributed by atoms with Gasteiger partial charge in [0.2, 0.25) is 6.10 Å². The van der Waals surface area contributed by atoms with E-state index in [-0.39, 0.29) is 31.4 Å². The average molecular weight is 553 g/mol. The predicted octanol–water partition coefficient (Wildman–Crippen LogP) is 6.40. The third-order valence-electron chi connectivity index (χ3n) is 6.04. The standard InChI is InChI=1S/C27H24ClF3N2O3.ClH/c1-18(34)36-25(20-11-9-19(10-12-20)23-7-2-3-8-24(23)28)26(35)33-15-13-32(14-16-33)22-6-4-5-21(17-22)27(29,30)31;/h2-12,17,25H,13-16H2,1H3;1H. The third kappa shape index (κ3) is 6.76. The second-order valence-corrected chi connectivity index (χ2v) is 8.86. The van der Waals surface area contributed by atoms with Gasteiger partial charge < -0.3 is 14.5 Å². The molecule has 1 aliphatic rings. The van der Waals surface area contributed by atoms with Crippen molar-refractivity contribution in [1.82, 2.24) is 4.90 Å². The first-order valence-electron chi connectivity index (χ1n) is 11.4. The molecular weight excluding hydrogens is 528 g/mol. The molecule has 1 saturated heterocycles. The third-order valence-corrected chi connectivity index (χ3v) is 6.37. The van der Waals surface area contributed by atoms with Crippen molar-refractivity contribution in [2.24, 2.45) is 0 Å². The van der Waals surface area contributed by atoms with Crippen LogP contribution in [0.2, 0.25) is 5.02 Å². The van der Waals surface area contributed by atoms with Crippen LogP contribution in [-0.4, -0.2) is 43.0 Å². The van der Waals surface area contributed by atoms with E-state index < -0.39 is 23.8 Å². The Hall–Kier alpha value is -3.23. The van der Waals surface area contributed by atoms with Gasteiger partial charge in [-0.3, -0.25) is 9.59 Å². The molecule has 1 aliphatic heterocycles. The minimum atomic E-state index is -4.42. The highest BCUT2D eigenvalue weighted by atomic mass is 35.5. The lowest BCUT2D eigenvalue weighted by Crippen LogP contribution is -2.50. The number of carbonyl (C=O) groups excluding carboxylic acids is 2. The van der Waals surface area contributed by atoms with Gasteiger partial charge in [0.25, 0.3) is 5.91 Å². The quantitative estimate of drug-likeness (QED) is 0.343. The van der Waals surface area contributed by atoms with Crippen LogP contribution in [0.4, 0.5) is 18.9 Å². The number of esters is 1. The van der Waals surface area contributed by atoms with Crippen LogP contribution in [0.1, 0.15) is 24.2 Å². The second-order valence-electron chi connectivity index (χ2n) is 8.45. The number of hydrogen-bond donors (Lipinski definition) is 0. The maximum Gasteiger partial charge on any atom is 0.416 e. The normalized spacial score (nSPS) is 14.5. The van der Waals surface area contributed by atoms with E-state index in [4.69, 9.17) is 16.3 Å². The molecule has 0 bridgehead atoms. The van der Waals surface area contributed by atoms with E-state index in [1.54, 1.807) is 34.1 Å². The van der Waals surface area contributed by atoms with Crippen molar-refractivity contribution in [1.29, 1.82) is 0 Å². The molecule has 37 heavy (non-hydrogen) atoms. The summed E-state index contributed by atoms with van der Waals surface area (Å²) in [6, 6.07) is 19.6. The van der Waals surface area contributed by atoms with Crippen LogP contribution in [0.25, 0.3) is 11.1 Å². The lowest BCUT2D eigenvalue weighted by atomic mass is 10.0. The molecule has 1 unspecified atom stereocenters. The van der Waals surface area contributed by atoms with Gasteiger partial charge in [-0.15, -0.1) is 12.4 Å². The lowest BCUT2D eigenvalue weighted by Gasteiger charge is -2.37. The summed E-state index contributed by atoms with van der Waals surface area (Å²) in [6.45, 7) is 2.51. The summed E-state index contributed by atoms with van der Waals surface area (Å²) in [5.74, 6) is -0.967. The van der Waals surface area contributed by atoms with Crippen molar-refractivity contribution >= 4 is 41.6 Å². The molecule has 1 atom stereocenters. The number of nitrogens with zero attached hydrogens (tertiary/aromatic N) is 2. The van der Waals surface area contributed by atoms with Gasteiger partial charge in [-0.25, -0.2) is 0 Å². The summed E-state index contributed by atoms with van der Waals surface area (Å²) in [5.41, 5.74) is 1.95. The van der Waals surface area contributed by atoms with Crippen molar-refractivity contribution in [3.63, 3.8) is 0 Å². The number of halogens is 5. The first-order chi connectivity index (χ1) is 17.1. The molecule has 0 saturated carbocycles. The maximum absolute atomic E-state index is 13.3. The SMILES string of the molecule is CC(=O)OC(C(=O)N1CCN(c2cccc(C(F)(F)F)c2)CC1)c1ccc(-c2ccccc2Cl)cc1.Cl. The lowest BCUT2D eigenvalue weighted by molar-refractivity contribution is -0.159. The number of rotatable bonds is 5.